The number of hydrogen-bond acceptors (Lipinski definition) is 3. The van der Waals surface area contributed by atoms with E-state index in [1.165, 1.54) is 0 Å². The molecule has 0 radical (unpaired) electrons. The second kappa shape index (κ2) is 9.22. The van der Waals surface area contributed by atoms with Gasteiger partial charge >= 0.3 is 0 Å². The Labute approximate surface area is 187 Å². The van der Waals surface area contributed by atoms with E-state index in [0.717, 1.165) is 22.0 Å². The molecule has 6 nitrogen and oxygen atoms in total. The van der Waals surface area contributed by atoms with Gasteiger partial charge in [-0.3, -0.25) is 14.4 Å². The molecule has 164 valence electrons. The van der Waals surface area contributed by atoms with Gasteiger partial charge in [-0.05, 0) is 36.4 Å². The van der Waals surface area contributed by atoms with Gasteiger partial charge in [0, 0.05) is 37.5 Å². The summed E-state index contributed by atoms with van der Waals surface area (Å²) in [5.74, 6) is -0.331. The highest BCUT2D eigenvalue weighted by atomic mass is 16.2. The molecule has 1 atom stereocenters. The molecule has 1 aliphatic heterocycles. The van der Waals surface area contributed by atoms with E-state index in [-0.39, 0.29) is 24.1 Å². The van der Waals surface area contributed by atoms with Crippen LogP contribution in [-0.4, -0.2) is 42.3 Å². The third-order valence-electron chi connectivity index (χ3n) is 6.03. The maximum absolute atomic E-state index is 13.1. The molecule has 0 spiro atoms. The Kier molecular flexibility index (Phi) is 6.21. The zero-order valence-electron chi connectivity index (χ0n) is 18.4. The van der Waals surface area contributed by atoms with E-state index in [0.29, 0.717) is 25.1 Å². The van der Waals surface area contributed by atoms with Crippen LogP contribution < -0.4 is 10.2 Å². The zero-order chi connectivity index (χ0) is 22.7. The molecule has 1 heterocycles. The number of nitrogens with zero attached hydrogens (tertiary/aromatic N) is 2. The predicted molar refractivity (Wildman–Crippen MR) is 125 cm³/mol. The average Bonchev–Trinajstić information content (AvgIpc) is 3.10. The monoisotopic (exact) mass is 429 g/mol. The Morgan fingerprint density at radius 3 is 2.44 bits per heavy atom. The molecular formula is C26H27N3O3. The largest absolute Gasteiger partial charge is 0.357 e. The molecule has 3 aromatic rings. The summed E-state index contributed by atoms with van der Waals surface area (Å²) < 4.78 is 0. The van der Waals surface area contributed by atoms with Gasteiger partial charge in [0.05, 0.1) is 5.69 Å². The Bertz CT molecular complexity index is 1150. The van der Waals surface area contributed by atoms with E-state index in [4.69, 9.17) is 0 Å². The number of amides is 3. The fourth-order valence-electron chi connectivity index (χ4n) is 4.30. The van der Waals surface area contributed by atoms with E-state index in [1.807, 2.05) is 66.7 Å². The van der Waals surface area contributed by atoms with Crippen molar-refractivity contribution >= 4 is 34.2 Å². The molecule has 0 aromatic heterocycles. The number of likely N-dealkylation sites (N-methyl/N-ethyl adjacent to an activating group) is 1. The van der Waals surface area contributed by atoms with Crippen LogP contribution in [0.3, 0.4) is 0 Å². The van der Waals surface area contributed by atoms with E-state index < -0.39 is 6.04 Å². The predicted octanol–water partition coefficient (Wildman–Crippen LogP) is 3.74. The van der Waals surface area contributed by atoms with Gasteiger partial charge in [0.15, 0.2) is 0 Å². The quantitative estimate of drug-likeness (QED) is 0.593. The van der Waals surface area contributed by atoms with E-state index >= 15 is 0 Å². The van der Waals surface area contributed by atoms with Crippen molar-refractivity contribution in [2.75, 3.05) is 18.5 Å². The summed E-state index contributed by atoms with van der Waals surface area (Å²) in [5, 5.41) is 4.65. The van der Waals surface area contributed by atoms with E-state index in [2.05, 4.69) is 5.32 Å². The molecule has 1 N–H and O–H groups in total. The molecule has 0 bridgehead atoms. The SMILES string of the molecule is CNC(=O)[C@@H](C)N(Cc1ccccc1)C(=O)CCCN1C(=O)c2cccc3cccc1c23. The number of hydrogen-bond donors (Lipinski definition) is 1. The van der Waals surface area contributed by atoms with Gasteiger partial charge in [0.2, 0.25) is 11.8 Å². The molecule has 0 saturated carbocycles. The summed E-state index contributed by atoms with van der Waals surface area (Å²) in [5.41, 5.74) is 2.58. The minimum absolute atomic E-state index is 0.0240. The molecular weight excluding hydrogens is 402 g/mol. The molecule has 0 saturated heterocycles. The second-order valence-corrected chi connectivity index (χ2v) is 8.04. The second-order valence-electron chi connectivity index (χ2n) is 8.04. The Morgan fingerprint density at radius 1 is 1.00 bits per heavy atom. The van der Waals surface area contributed by atoms with Crippen molar-refractivity contribution < 1.29 is 14.4 Å². The molecule has 4 rings (SSSR count). The lowest BCUT2D eigenvalue weighted by Crippen LogP contribution is -2.46. The van der Waals surface area contributed by atoms with Crippen LogP contribution in [0.5, 0.6) is 0 Å². The molecule has 0 aliphatic carbocycles. The van der Waals surface area contributed by atoms with Crippen LogP contribution in [0, 0.1) is 0 Å². The summed E-state index contributed by atoms with van der Waals surface area (Å²) in [6.07, 6.45) is 0.769. The van der Waals surface area contributed by atoms with Crippen LogP contribution in [0.4, 0.5) is 5.69 Å². The fraction of sp³-hybridized carbons (Fsp3) is 0.269. The Hall–Kier alpha value is -3.67. The van der Waals surface area contributed by atoms with Gasteiger partial charge < -0.3 is 15.1 Å². The number of rotatable bonds is 8. The molecule has 32 heavy (non-hydrogen) atoms. The molecule has 3 amide bonds. The van der Waals surface area contributed by atoms with Crippen LogP contribution in [0.2, 0.25) is 0 Å². The van der Waals surface area contributed by atoms with Crippen molar-refractivity contribution in [3.8, 4) is 0 Å². The summed E-state index contributed by atoms with van der Waals surface area (Å²) >= 11 is 0. The van der Waals surface area contributed by atoms with Gasteiger partial charge in [-0.25, -0.2) is 0 Å². The van der Waals surface area contributed by atoms with Crippen LogP contribution in [-0.2, 0) is 16.1 Å². The molecule has 0 unspecified atom stereocenters. The van der Waals surface area contributed by atoms with Crippen LogP contribution in [0.1, 0.15) is 35.7 Å². The maximum atomic E-state index is 13.1. The smallest absolute Gasteiger partial charge is 0.258 e. The van der Waals surface area contributed by atoms with Gasteiger partial charge in [-0.2, -0.15) is 0 Å². The summed E-state index contributed by atoms with van der Waals surface area (Å²) in [6, 6.07) is 20.7. The first-order valence-corrected chi connectivity index (χ1v) is 10.9. The topological polar surface area (TPSA) is 69.7 Å². The highest BCUT2D eigenvalue weighted by Crippen LogP contribution is 2.37. The van der Waals surface area contributed by atoms with Crippen LogP contribution in [0.15, 0.2) is 66.7 Å². The number of benzene rings is 3. The first-order chi connectivity index (χ1) is 15.5. The fourth-order valence-corrected chi connectivity index (χ4v) is 4.30. The number of nitrogens with one attached hydrogen (secondary N) is 1. The van der Waals surface area contributed by atoms with Crippen LogP contribution in [0.25, 0.3) is 10.8 Å². The zero-order valence-corrected chi connectivity index (χ0v) is 18.4. The number of carbonyl (C=O) groups excluding carboxylic acids is 3. The summed E-state index contributed by atoms with van der Waals surface area (Å²) in [7, 11) is 1.57. The first-order valence-electron chi connectivity index (χ1n) is 10.9. The highest BCUT2D eigenvalue weighted by Gasteiger charge is 2.30. The van der Waals surface area contributed by atoms with Crippen molar-refractivity contribution in [3.05, 3.63) is 77.9 Å². The normalized spacial score (nSPS) is 13.3. The minimum atomic E-state index is -0.584. The lowest BCUT2D eigenvalue weighted by molar-refractivity contribution is -0.140. The molecule has 1 aliphatic rings. The highest BCUT2D eigenvalue weighted by molar-refractivity contribution is 6.25. The third-order valence-corrected chi connectivity index (χ3v) is 6.03. The van der Waals surface area contributed by atoms with Crippen molar-refractivity contribution in [2.45, 2.75) is 32.4 Å². The van der Waals surface area contributed by atoms with Crippen molar-refractivity contribution in [2.24, 2.45) is 0 Å². The first kappa shape index (κ1) is 21.6. The lowest BCUT2D eigenvalue weighted by Gasteiger charge is -2.28. The molecule has 6 heteroatoms. The lowest BCUT2D eigenvalue weighted by atomic mass is 10.1. The Balaban J connectivity index is 1.45. The van der Waals surface area contributed by atoms with Crippen molar-refractivity contribution in [1.29, 1.82) is 0 Å². The Morgan fingerprint density at radius 2 is 1.72 bits per heavy atom. The molecule has 3 aromatic carbocycles. The van der Waals surface area contributed by atoms with E-state index in [9.17, 15) is 14.4 Å². The van der Waals surface area contributed by atoms with Gasteiger partial charge in [-0.1, -0.05) is 54.6 Å². The number of carbonyl (C=O) groups is 3. The van der Waals surface area contributed by atoms with Crippen LogP contribution >= 0.6 is 0 Å². The third kappa shape index (κ3) is 4.08. The summed E-state index contributed by atoms with van der Waals surface area (Å²) in [6.45, 7) is 2.55. The minimum Gasteiger partial charge on any atom is -0.357 e. The van der Waals surface area contributed by atoms with Crippen molar-refractivity contribution in [1.82, 2.24) is 10.2 Å². The van der Waals surface area contributed by atoms with Gasteiger partial charge in [0.1, 0.15) is 6.04 Å². The van der Waals surface area contributed by atoms with Crippen molar-refractivity contribution in [3.63, 3.8) is 0 Å². The average molecular weight is 430 g/mol. The molecule has 0 fully saturated rings. The maximum Gasteiger partial charge on any atom is 0.258 e. The summed E-state index contributed by atoms with van der Waals surface area (Å²) in [4.78, 5) is 41.7. The van der Waals surface area contributed by atoms with Gasteiger partial charge in [-0.15, -0.1) is 0 Å². The number of anilines is 1. The van der Waals surface area contributed by atoms with E-state index in [1.54, 1.807) is 23.8 Å². The standard InChI is InChI=1S/C26H27N3O3/c1-18(25(31)27-2)29(17-19-9-4-3-5-10-19)23(30)15-8-16-28-22-14-7-12-20-11-6-13-21(24(20)22)26(28)32/h3-7,9-14,18H,8,15-17H2,1-2H3,(H,27,31)/t18-/m1/s1. The van der Waals surface area contributed by atoms with Gasteiger partial charge in [0.25, 0.3) is 5.91 Å².